The molecule has 1 atom stereocenters. The van der Waals surface area contributed by atoms with Crippen LogP contribution in [-0.4, -0.2) is 37.8 Å². The van der Waals surface area contributed by atoms with Gasteiger partial charge >= 0.3 is 0 Å². The minimum atomic E-state index is -0.277. The summed E-state index contributed by atoms with van der Waals surface area (Å²) < 4.78 is 0. The lowest BCUT2D eigenvalue weighted by molar-refractivity contribution is -0.129. The van der Waals surface area contributed by atoms with Gasteiger partial charge in [0.05, 0.1) is 0 Å². The largest absolute Gasteiger partial charge is 0.504 e. The minimum absolute atomic E-state index is 0.147. The van der Waals surface area contributed by atoms with Gasteiger partial charge in [0, 0.05) is 31.5 Å². The third-order valence-corrected chi connectivity index (χ3v) is 4.27. The van der Waals surface area contributed by atoms with Gasteiger partial charge in [-0.1, -0.05) is 12.1 Å². The van der Waals surface area contributed by atoms with Gasteiger partial charge in [-0.15, -0.1) is 0 Å². The molecule has 1 aliphatic heterocycles. The predicted octanol–water partition coefficient (Wildman–Crippen LogP) is 2.00. The number of phenolic OH excluding ortho intramolecular Hbond substituents is 4. The van der Waals surface area contributed by atoms with Crippen molar-refractivity contribution in [2.24, 2.45) is 0 Å². The third-order valence-electron chi connectivity index (χ3n) is 4.27. The Morgan fingerprint density at radius 2 is 1.74 bits per heavy atom. The lowest BCUT2D eigenvalue weighted by atomic mass is 9.84. The van der Waals surface area contributed by atoms with Crippen LogP contribution in [0.1, 0.15) is 29.5 Å². The van der Waals surface area contributed by atoms with E-state index in [0.29, 0.717) is 17.7 Å². The highest BCUT2D eigenvalue weighted by molar-refractivity contribution is 5.74. The monoisotopic (exact) mass is 315 g/mol. The molecule has 3 rings (SSSR count). The van der Waals surface area contributed by atoms with E-state index >= 15 is 0 Å². The van der Waals surface area contributed by atoms with Crippen LogP contribution in [0.3, 0.4) is 0 Å². The summed E-state index contributed by atoms with van der Waals surface area (Å²) in [6.45, 7) is 2.04. The number of rotatable bonds is 1. The summed E-state index contributed by atoms with van der Waals surface area (Å²) in [5.74, 6) is -1.36. The van der Waals surface area contributed by atoms with Crippen LogP contribution >= 0.6 is 0 Å². The Balaban J connectivity index is 2.15. The SMILES string of the molecule is CC(=O)N1Cc2c(ccc(O)c2O)[C@H](c2ccc(O)c(O)c2)C1. The van der Waals surface area contributed by atoms with Crippen LogP contribution in [0, 0.1) is 0 Å². The fraction of sp³-hybridized carbons (Fsp3) is 0.235. The summed E-state index contributed by atoms with van der Waals surface area (Å²) in [4.78, 5) is 13.4. The average Bonchev–Trinajstić information content (AvgIpc) is 2.52. The zero-order valence-electron chi connectivity index (χ0n) is 12.5. The normalized spacial score (nSPS) is 16.9. The number of fused-ring (bicyclic) bond motifs is 1. The van der Waals surface area contributed by atoms with Gasteiger partial charge < -0.3 is 25.3 Å². The Morgan fingerprint density at radius 3 is 2.39 bits per heavy atom. The van der Waals surface area contributed by atoms with Crippen LogP contribution in [0.15, 0.2) is 30.3 Å². The van der Waals surface area contributed by atoms with Gasteiger partial charge in [0.2, 0.25) is 5.91 Å². The molecule has 2 aromatic rings. The molecule has 2 aromatic carbocycles. The van der Waals surface area contributed by atoms with Gasteiger partial charge in [-0.2, -0.15) is 0 Å². The van der Waals surface area contributed by atoms with E-state index in [-0.39, 0.29) is 41.4 Å². The highest BCUT2D eigenvalue weighted by atomic mass is 16.3. The van der Waals surface area contributed by atoms with Crippen LogP contribution in [0.4, 0.5) is 0 Å². The summed E-state index contributed by atoms with van der Waals surface area (Å²) in [5, 5.41) is 39.0. The lowest BCUT2D eigenvalue weighted by Crippen LogP contribution is -2.37. The molecule has 0 bridgehead atoms. The molecule has 0 saturated heterocycles. The first kappa shape index (κ1) is 15.0. The smallest absolute Gasteiger partial charge is 0.219 e. The molecule has 0 fully saturated rings. The average molecular weight is 315 g/mol. The van der Waals surface area contributed by atoms with Crippen LogP contribution < -0.4 is 0 Å². The van der Waals surface area contributed by atoms with Crippen molar-refractivity contribution in [1.29, 1.82) is 0 Å². The maximum Gasteiger partial charge on any atom is 0.219 e. The Bertz CT molecular complexity index is 787. The number of phenols is 4. The van der Waals surface area contributed by atoms with E-state index in [4.69, 9.17) is 0 Å². The number of benzene rings is 2. The van der Waals surface area contributed by atoms with Crippen molar-refractivity contribution in [2.45, 2.75) is 19.4 Å². The summed E-state index contributed by atoms with van der Waals surface area (Å²) >= 11 is 0. The highest BCUT2D eigenvalue weighted by Crippen LogP contribution is 2.42. The van der Waals surface area contributed by atoms with Gasteiger partial charge in [-0.3, -0.25) is 4.79 Å². The summed E-state index contributed by atoms with van der Waals surface area (Å²) in [6.07, 6.45) is 0. The molecular weight excluding hydrogens is 298 g/mol. The first-order valence-corrected chi connectivity index (χ1v) is 7.19. The molecule has 6 heteroatoms. The second-order valence-corrected chi connectivity index (χ2v) is 5.70. The number of nitrogens with zero attached hydrogens (tertiary/aromatic N) is 1. The van der Waals surface area contributed by atoms with E-state index in [1.54, 1.807) is 17.0 Å². The molecule has 1 aliphatic rings. The topological polar surface area (TPSA) is 101 Å². The van der Waals surface area contributed by atoms with Crippen molar-refractivity contribution in [3.63, 3.8) is 0 Å². The lowest BCUT2D eigenvalue weighted by Gasteiger charge is -2.35. The molecule has 0 radical (unpaired) electrons. The van der Waals surface area contributed by atoms with Gasteiger partial charge in [-0.05, 0) is 29.3 Å². The molecule has 4 N–H and O–H groups in total. The molecule has 0 aliphatic carbocycles. The fourth-order valence-electron chi connectivity index (χ4n) is 2.99. The fourth-order valence-corrected chi connectivity index (χ4v) is 2.99. The molecule has 1 amide bonds. The van der Waals surface area contributed by atoms with Gasteiger partial charge in [0.15, 0.2) is 23.0 Å². The molecule has 120 valence electrons. The van der Waals surface area contributed by atoms with Crippen LogP contribution in [0.25, 0.3) is 0 Å². The van der Waals surface area contributed by atoms with Crippen molar-refractivity contribution in [2.75, 3.05) is 6.54 Å². The van der Waals surface area contributed by atoms with Crippen molar-refractivity contribution in [1.82, 2.24) is 4.90 Å². The van der Waals surface area contributed by atoms with Crippen LogP contribution in [-0.2, 0) is 11.3 Å². The van der Waals surface area contributed by atoms with Gasteiger partial charge in [0.1, 0.15) is 0 Å². The molecule has 0 unspecified atom stereocenters. The van der Waals surface area contributed by atoms with Crippen LogP contribution in [0.2, 0.25) is 0 Å². The number of hydrogen-bond donors (Lipinski definition) is 4. The Labute approximate surface area is 132 Å². The second-order valence-electron chi connectivity index (χ2n) is 5.70. The summed E-state index contributed by atoms with van der Waals surface area (Å²) in [5.41, 5.74) is 1.98. The minimum Gasteiger partial charge on any atom is -0.504 e. The number of amides is 1. The van der Waals surface area contributed by atoms with Crippen molar-refractivity contribution in [3.05, 3.63) is 47.0 Å². The number of carbonyl (C=O) groups is 1. The Kier molecular flexibility index (Phi) is 3.52. The molecule has 0 saturated carbocycles. The molecule has 23 heavy (non-hydrogen) atoms. The van der Waals surface area contributed by atoms with Gasteiger partial charge in [-0.25, -0.2) is 0 Å². The maximum absolute atomic E-state index is 11.8. The van der Waals surface area contributed by atoms with Crippen molar-refractivity contribution in [3.8, 4) is 23.0 Å². The van der Waals surface area contributed by atoms with E-state index in [9.17, 15) is 25.2 Å². The second kappa shape index (κ2) is 5.39. The predicted molar refractivity (Wildman–Crippen MR) is 82.5 cm³/mol. The van der Waals surface area contributed by atoms with E-state index in [2.05, 4.69) is 0 Å². The quantitative estimate of drug-likeness (QED) is 0.603. The molecule has 0 spiro atoms. The van der Waals surface area contributed by atoms with Gasteiger partial charge in [0.25, 0.3) is 0 Å². The molecule has 1 heterocycles. The Morgan fingerprint density at radius 1 is 1.04 bits per heavy atom. The molecular formula is C17H17NO5. The van der Waals surface area contributed by atoms with E-state index < -0.39 is 0 Å². The highest BCUT2D eigenvalue weighted by Gasteiger charge is 2.31. The first-order valence-electron chi connectivity index (χ1n) is 7.19. The zero-order valence-corrected chi connectivity index (χ0v) is 12.5. The summed E-state index contributed by atoms with van der Waals surface area (Å²) in [6, 6.07) is 7.60. The van der Waals surface area contributed by atoms with Crippen molar-refractivity contribution >= 4 is 5.91 Å². The third kappa shape index (κ3) is 2.52. The standard InChI is InChI=1S/C17H17NO5/c1-9(19)18-7-12(10-2-4-14(20)16(22)6-10)11-3-5-15(21)17(23)13(11)8-18/h2-6,12,20-23H,7-8H2,1H3/t12-/m0/s1. The molecule has 6 nitrogen and oxygen atoms in total. The maximum atomic E-state index is 11.8. The van der Waals surface area contributed by atoms with E-state index in [0.717, 1.165) is 5.56 Å². The Hall–Kier alpha value is -2.89. The molecule has 0 aromatic heterocycles. The zero-order chi connectivity index (χ0) is 16.7. The number of hydrogen-bond acceptors (Lipinski definition) is 5. The summed E-state index contributed by atoms with van der Waals surface area (Å²) in [7, 11) is 0. The first-order chi connectivity index (χ1) is 10.9. The van der Waals surface area contributed by atoms with Crippen molar-refractivity contribution < 1.29 is 25.2 Å². The van der Waals surface area contributed by atoms with E-state index in [1.807, 2.05) is 0 Å². The number of carbonyl (C=O) groups excluding carboxylic acids is 1. The number of aromatic hydroxyl groups is 4. The van der Waals surface area contributed by atoms with E-state index in [1.165, 1.54) is 25.1 Å². The van der Waals surface area contributed by atoms with Crippen LogP contribution in [0.5, 0.6) is 23.0 Å².